The van der Waals surface area contributed by atoms with E-state index in [1.54, 1.807) is 24.1 Å². The van der Waals surface area contributed by atoms with Crippen LogP contribution in [0.5, 0.6) is 0 Å². The Morgan fingerprint density at radius 1 is 1.39 bits per heavy atom. The second-order valence-corrected chi connectivity index (χ2v) is 8.77. The molecular formula is C23H34FN5O2. The Balaban J connectivity index is 1.86. The van der Waals surface area contributed by atoms with Gasteiger partial charge in [0.2, 0.25) is 0 Å². The monoisotopic (exact) mass is 431 g/mol. The number of likely N-dealkylation sites (tertiary alicyclic amines) is 1. The number of ether oxygens (including phenoxy) is 1. The first kappa shape index (κ1) is 24.4. The second kappa shape index (κ2) is 11.0. The molecular weight excluding hydrogens is 397 g/mol. The molecule has 0 radical (unpaired) electrons. The molecule has 0 aliphatic carbocycles. The molecule has 1 aromatic rings. The number of nitriles is 1. The van der Waals surface area contributed by atoms with E-state index in [-0.39, 0.29) is 6.09 Å². The van der Waals surface area contributed by atoms with Crippen LogP contribution >= 0.6 is 0 Å². The van der Waals surface area contributed by atoms with Gasteiger partial charge in [-0.25, -0.2) is 9.18 Å². The molecule has 0 unspecified atom stereocenters. The molecule has 1 saturated heterocycles. The zero-order valence-corrected chi connectivity index (χ0v) is 19.2. The zero-order valence-electron chi connectivity index (χ0n) is 19.2. The summed E-state index contributed by atoms with van der Waals surface area (Å²) in [6, 6.07) is 6.41. The summed E-state index contributed by atoms with van der Waals surface area (Å²) in [5.41, 5.74) is 0.298. The van der Waals surface area contributed by atoms with E-state index in [0.717, 1.165) is 31.9 Å². The van der Waals surface area contributed by atoms with Crippen molar-refractivity contribution in [1.29, 1.82) is 5.26 Å². The van der Waals surface area contributed by atoms with Gasteiger partial charge >= 0.3 is 6.09 Å². The smallest absolute Gasteiger partial charge is 0.410 e. The number of piperidine rings is 1. The Morgan fingerprint density at radius 2 is 2.06 bits per heavy atom. The summed E-state index contributed by atoms with van der Waals surface area (Å²) in [5, 5.41) is 12.1. The Labute approximate surface area is 184 Å². The number of benzene rings is 1. The van der Waals surface area contributed by atoms with Crippen molar-refractivity contribution in [2.75, 3.05) is 33.2 Å². The van der Waals surface area contributed by atoms with Crippen LogP contribution in [-0.2, 0) is 11.3 Å². The fourth-order valence-electron chi connectivity index (χ4n) is 3.57. The second-order valence-electron chi connectivity index (χ2n) is 8.77. The molecule has 0 bridgehead atoms. The lowest BCUT2D eigenvalue weighted by Gasteiger charge is -2.36. The largest absolute Gasteiger partial charge is 0.444 e. The number of hydrogen-bond acceptors (Lipinski definition) is 4. The van der Waals surface area contributed by atoms with Gasteiger partial charge in [0, 0.05) is 45.3 Å². The average molecular weight is 432 g/mol. The van der Waals surface area contributed by atoms with Gasteiger partial charge < -0.3 is 19.9 Å². The average Bonchev–Trinajstić information content (AvgIpc) is 2.72. The normalized spacial score (nSPS) is 15.4. The van der Waals surface area contributed by atoms with Crippen LogP contribution in [0.3, 0.4) is 0 Å². The third-order valence-electron chi connectivity index (χ3n) is 5.26. The number of rotatable bonds is 5. The van der Waals surface area contributed by atoms with Gasteiger partial charge in [-0.15, -0.1) is 0 Å². The molecule has 1 fully saturated rings. The van der Waals surface area contributed by atoms with E-state index >= 15 is 0 Å². The molecule has 1 N–H and O–H groups in total. The number of carbonyl (C=O) groups is 1. The summed E-state index contributed by atoms with van der Waals surface area (Å²) in [4.78, 5) is 20.6. The molecule has 0 spiro atoms. The van der Waals surface area contributed by atoms with Gasteiger partial charge in [-0.05, 0) is 58.6 Å². The van der Waals surface area contributed by atoms with Gasteiger partial charge in [-0.2, -0.15) is 5.26 Å². The number of amides is 1. The van der Waals surface area contributed by atoms with Crippen molar-refractivity contribution < 1.29 is 13.9 Å². The van der Waals surface area contributed by atoms with E-state index in [2.05, 4.69) is 15.2 Å². The number of carbonyl (C=O) groups excluding carboxylic acids is 1. The third-order valence-corrected chi connectivity index (χ3v) is 5.26. The molecule has 7 nitrogen and oxygen atoms in total. The van der Waals surface area contributed by atoms with Gasteiger partial charge in [0.25, 0.3) is 0 Å². The first-order valence-electron chi connectivity index (χ1n) is 10.8. The van der Waals surface area contributed by atoms with E-state index in [1.165, 1.54) is 6.07 Å². The first-order chi connectivity index (χ1) is 14.7. The van der Waals surface area contributed by atoms with E-state index in [4.69, 9.17) is 10.00 Å². The van der Waals surface area contributed by atoms with E-state index < -0.39 is 11.4 Å². The highest BCUT2D eigenvalue weighted by atomic mass is 19.1. The quantitative estimate of drug-likeness (QED) is 0.567. The van der Waals surface area contributed by atoms with Crippen LogP contribution in [0.15, 0.2) is 23.2 Å². The van der Waals surface area contributed by atoms with Gasteiger partial charge in [0.15, 0.2) is 5.96 Å². The number of nitrogens with zero attached hydrogens (tertiary/aromatic N) is 4. The Kier molecular flexibility index (Phi) is 8.66. The lowest BCUT2D eigenvalue weighted by Crippen LogP contribution is -2.47. The van der Waals surface area contributed by atoms with Crippen molar-refractivity contribution in [3.63, 3.8) is 0 Å². The van der Waals surface area contributed by atoms with Gasteiger partial charge in [0.1, 0.15) is 11.4 Å². The molecule has 0 saturated carbocycles. The van der Waals surface area contributed by atoms with E-state index in [9.17, 15) is 9.18 Å². The SMILES string of the molecule is CCN(CC1CCN(C(=NC)NCc2ccc(C#N)cc2F)CC1)C(=O)OC(C)(C)C. The highest BCUT2D eigenvalue weighted by Gasteiger charge is 2.27. The molecule has 0 aromatic heterocycles. The molecule has 1 aromatic carbocycles. The van der Waals surface area contributed by atoms with Crippen LogP contribution in [0.1, 0.15) is 51.7 Å². The minimum absolute atomic E-state index is 0.264. The maximum absolute atomic E-state index is 14.1. The van der Waals surface area contributed by atoms with Crippen molar-refractivity contribution in [3.8, 4) is 6.07 Å². The molecule has 1 aliphatic heterocycles. The van der Waals surface area contributed by atoms with Crippen LogP contribution in [0.25, 0.3) is 0 Å². The summed E-state index contributed by atoms with van der Waals surface area (Å²) in [6.07, 6.45) is 1.61. The fourth-order valence-corrected chi connectivity index (χ4v) is 3.57. The molecule has 2 rings (SSSR count). The number of hydrogen-bond donors (Lipinski definition) is 1. The summed E-state index contributed by atoms with van der Waals surface area (Å²) >= 11 is 0. The predicted molar refractivity (Wildman–Crippen MR) is 119 cm³/mol. The van der Waals surface area contributed by atoms with Gasteiger partial charge in [-0.3, -0.25) is 4.99 Å². The summed E-state index contributed by atoms with van der Waals surface area (Å²) in [5.74, 6) is 0.724. The van der Waals surface area contributed by atoms with Crippen molar-refractivity contribution >= 4 is 12.1 Å². The van der Waals surface area contributed by atoms with Crippen LogP contribution in [0, 0.1) is 23.1 Å². The Morgan fingerprint density at radius 3 is 2.58 bits per heavy atom. The molecule has 1 amide bonds. The van der Waals surface area contributed by atoms with E-state index in [1.807, 2.05) is 33.8 Å². The Bertz CT molecular complexity index is 820. The van der Waals surface area contributed by atoms with Crippen molar-refractivity contribution in [3.05, 3.63) is 35.1 Å². The molecule has 1 aliphatic rings. The van der Waals surface area contributed by atoms with Crippen molar-refractivity contribution in [2.24, 2.45) is 10.9 Å². The first-order valence-corrected chi connectivity index (χ1v) is 10.8. The van der Waals surface area contributed by atoms with Gasteiger partial charge in [0.05, 0.1) is 11.6 Å². The topological polar surface area (TPSA) is 81.0 Å². The van der Waals surface area contributed by atoms with Crippen LogP contribution in [0.4, 0.5) is 9.18 Å². The van der Waals surface area contributed by atoms with Crippen LogP contribution < -0.4 is 5.32 Å². The molecule has 31 heavy (non-hydrogen) atoms. The number of halogens is 1. The van der Waals surface area contributed by atoms with Gasteiger partial charge in [-0.1, -0.05) is 6.07 Å². The molecule has 0 atom stereocenters. The van der Waals surface area contributed by atoms with Crippen LogP contribution in [-0.4, -0.2) is 60.7 Å². The lowest BCUT2D eigenvalue weighted by atomic mass is 9.96. The zero-order chi connectivity index (χ0) is 23.0. The van der Waals surface area contributed by atoms with E-state index in [0.29, 0.717) is 36.7 Å². The predicted octanol–water partition coefficient (Wildman–Crippen LogP) is 3.74. The minimum atomic E-state index is -0.500. The Hall–Kier alpha value is -2.82. The molecule has 170 valence electrons. The van der Waals surface area contributed by atoms with Crippen LogP contribution in [0.2, 0.25) is 0 Å². The maximum atomic E-state index is 14.1. The van der Waals surface area contributed by atoms with Crippen molar-refractivity contribution in [1.82, 2.24) is 15.1 Å². The fraction of sp³-hybridized carbons (Fsp3) is 0.609. The summed E-state index contributed by atoms with van der Waals surface area (Å²) in [7, 11) is 1.71. The highest BCUT2D eigenvalue weighted by Crippen LogP contribution is 2.20. The van der Waals surface area contributed by atoms with Crippen molar-refractivity contribution in [2.45, 2.75) is 52.7 Å². The standard InChI is InChI=1S/C23H34FN5O2/c1-6-28(22(30)31-23(2,3)4)16-17-9-11-29(12-10-17)21(26-5)27-15-19-8-7-18(14-25)13-20(19)24/h7-8,13,17H,6,9-12,15-16H2,1-5H3,(H,26,27). The molecule has 8 heteroatoms. The lowest BCUT2D eigenvalue weighted by molar-refractivity contribution is 0.0214. The molecule has 1 heterocycles. The summed E-state index contributed by atoms with van der Waals surface area (Å²) in [6.45, 7) is 10.8. The summed E-state index contributed by atoms with van der Waals surface area (Å²) < 4.78 is 19.6. The number of nitrogens with one attached hydrogen (secondary N) is 1. The maximum Gasteiger partial charge on any atom is 0.410 e. The minimum Gasteiger partial charge on any atom is -0.444 e. The number of aliphatic imine (C=N–C) groups is 1. The highest BCUT2D eigenvalue weighted by molar-refractivity contribution is 5.80. The third kappa shape index (κ3) is 7.42. The number of guanidine groups is 1.